The number of hydrogen-bond acceptors (Lipinski definition) is 4. The van der Waals surface area contributed by atoms with Gasteiger partial charge in [-0.2, -0.15) is 0 Å². The van der Waals surface area contributed by atoms with Gasteiger partial charge in [-0.15, -0.1) is 0 Å². The van der Waals surface area contributed by atoms with Crippen molar-refractivity contribution < 1.29 is 20.1 Å². The summed E-state index contributed by atoms with van der Waals surface area (Å²) in [6.07, 6.45) is -1.49. The minimum absolute atomic E-state index is 0.0115. The van der Waals surface area contributed by atoms with E-state index in [1.807, 2.05) is 35.9 Å². The fourth-order valence-corrected chi connectivity index (χ4v) is 3.64. The summed E-state index contributed by atoms with van der Waals surface area (Å²) >= 11 is 0. The van der Waals surface area contributed by atoms with Crippen molar-refractivity contribution >= 4 is 10.9 Å². The Kier molecular flexibility index (Phi) is 4.54. The van der Waals surface area contributed by atoms with Crippen LogP contribution in [0, 0.1) is 6.92 Å². The first-order valence-corrected chi connectivity index (χ1v) is 8.84. The molecule has 4 atom stereocenters. The molecule has 1 saturated heterocycles. The van der Waals surface area contributed by atoms with E-state index in [-0.39, 0.29) is 6.61 Å². The second-order valence-corrected chi connectivity index (χ2v) is 7.02. The summed E-state index contributed by atoms with van der Waals surface area (Å²) in [5, 5.41) is 31.3. The van der Waals surface area contributed by atoms with Crippen molar-refractivity contribution in [3.05, 3.63) is 71.4 Å². The molecule has 0 aliphatic carbocycles. The highest BCUT2D eigenvalue weighted by atomic mass is 16.5. The second-order valence-electron chi connectivity index (χ2n) is 7.02. The molecule has 5 heteroatoms. The minimum Gasteiger partial charge on any atom is -0.388 e. The van der Waals surface area contributed by atoms with Crippen LogP contribution in [0.1, 0.15) is 22.9 Å². The molecule has 4 rings (SSSR count). The normalized spacial score (nSPS) is 26.3. The van der Waals surface area contributed by atoms with Gasteiger partial charge in [-0.3, -0.25) is 0 Å². The third kappa shape index (κ3) is 3.04. The Bertz CT molecular complexity index is 905. The van der Waals surface area contributed by atoms with Crippen LogP contribution in [-0.4, -0.2) is 44.8 Å². The highest BCUT2D eigenvalue weighted by Gasteiger charge is 2.39. The van der Waals surface area contributed by atoms with Crippen LogP contribution in [-0.2, 0) is 11.2 Å². The van der Waals surface area contributed by atoms with E-state index in [1.165, 1.54) is 5.56 Å². The van der Waals surface area contributed by atoms with Crippen molar-refractivity contribution in [2.75, 3.05) is 6.61 Å². The molecule has 3 aromatic rings. The van der Waals surface area contributed by atoms with Gasteiger partial charge in [-0.25, -0.2) is 0 Å². The van der Waals surface area contributed by atoms with E-state index in [4.69, 9.17) is 4.74 Å². The van der Waals surface area contributed by atoms with Gasteiger partial charge < -0.3 is 24.6 Å². The third-order valence-electron chi connectivity index (χ3n) is 5.06. The van der Waals surface area contributed by atoms with Crippen molar-refractivity contribution in [1.82, 2.24) is 4.57 Å². The maximum atomic E-state index is 10.4. The van der Waals surface area contributed by atoms with Crippen LogP contribution in [0.3, 0.4) is 0 Å². The van der Waals surface area contributed by atoms with E-state index in [9.17, 15) is 15.3 Å². The lowest BCUT2D eigenvalue weighted by Gasteiger charge is -2.36. The van der Waals surface area contributed by atoms with Crippen LogP contribution in [0.25, 0.3) is 10.9 Å². The second kappa shape index (κ2) is 6.85. The molecular weight excluding hydrogens is 330 g/mol. The molecule has 1 aliphatic rings. The highest BCUT2D eigenvalue weighted by Crippen LogP contribution is 2.32. The monoisotopic (exact) mass is 353 g/mol. The standard InChI is InChI=1S/C21H23NO4/c1-13-7-8-16-15(10-14-5-3-2-4-6-14)11-22(17(16)9-13)21-20(25)19(24)18(23)12-26-21/h2-9,11,18-21,23-25H,10,12H2,1H3/t18-,19+,20-,21-/m1/s1. The highest BCUT2D eigenvalue weighted by molar-refractivity contribution is 5.85. The molecule has 0 spiro atoms. The topological polar surface area (TPSA) is 74.9 Å². The molecule has 1 aliphatic heterocycles. The zero-order chi connectivity index (χ0) is 18.3. The van der Waals surface area contributed by atoms with E-state index in [0.29, 0.717) is 0 Å². The molecule has 2 heterocycles. The number of aliphatic hydroxyl groups excluding tert-OH is 3. The lowest BCUT2D eigenvalue weighted by atomic mass is 10.0. The number of ether oxygens (including phenoxy) is 1. The molecule has 1 aromatic heterocycles. The minimum atomic E-state index is -1.23. The Morgan fingerprint density at radius 3 is 2.58 bits per heavy atom. The van der Waals surface area contributed by atoms with Crippen LogP contribution < -0.4 is 0 Å². The zero-order valence-corrected chi connectivity index (χ0v) is 14.6. The SMILES string of the molecule is Cc1ccc2c(Cc3ccccc3)cn([C@@H]3OC[C@@H](O)[C@H](O)[C@H]3O)c2c1. The number of aromatic nitrogens is 1. The number of rotatable bonds is 3. The Morgan fingerprint density at radius 2 is 1.81 bits per heavy atom. The first-order chi connectivity index (χ1) is 12.5. The summed E-state index contributed by atoms with van der Waals surface area (Å²) in [6.45, 7) is 2.01. The van der Waals surface area contributed by atoms with Gasteiger partial charge >= 0.3 is 0 Å². The Hall–Kier alpha value is -2.18. The summed E-state index contributed by atoms with van der Waals surface area (Å²) in [6, 6.07) is 16.4. The number of hydrogen-bond donors (Lipinski definition) is 3. The molecule has 0 radical (unpaired) electrons. The molecule has 5 nitrogen and oxygen atoms in total. The first-order valence-electron chi connectivity index (χ1n) is 8.84. The van der Waals surface area contributed by atoms with E-state index in [0.717, 1.165) is 28.5 Å². The number of aliphatic hydroxyl groups is 3. The molecule has 2 aromatic carbocycles. The van der Waals surface area contributed by atoms with E-state index < -0.39 is 24.5 Å². The fourth-order valence-electron chi connectivity index (χ4n) is 3.64. The number of nitrogens with zero attached hydrogens (tertiary/aromatic N) is 1. The summed E-state index contributed by atoms with van der Waals surface area (Å²) < 4.78 is 7.55. The van der Waals surface area contributed by atoms with Gasteiger partial charge in [-0.1, -0.05) is 42.5 Å². The number of aryl methyl sites for hydroxylation is 1. The molecule has 0 unspecified atom stereocenters. The summed E-state index contributed by atoms with van der Waals surface area (Å²) in [7, 11) is 0. The van der Waals surface area contributed by atoms with Gasteiger partial charge in [0.25, 0.3) is 0 Å². The maximum absolute atomic E-state index is 10.4. The van der Waals surface area contributed by atoms with Crippen molar-refractivity contribution in [2.24, 2.45) is 0 Å². The van der Waals surface area contributed by atoms with E-state index >= 15 is 0 Å². The zero-order valence-electron chi connectivity index (χ0n) is 14.6. The van der Waals surface area contributed by atoms with Gasteiger partial charge in [0.2, 0.25) is 0 Å². The summed E-state index contributed by atoms with van der Waals surface area (Å²) in [5.41, 5.74) is 4.38. The Morgan fingerprint density at radius 1 is 1.04 bits per heavy atom. The van der Waals surface area contributed by atoms with E-state index in [1.54, 1.807) is 0 Å². The average Bonchev–Trinajstić information content (AvgIpc) is 2.98. The first kappa shape index (κ1) is 17.2. The van der Waals surface area contributed by atoms with Crippen LogP contribution in [0.5, 0.6) is 0 Å². The van der Waals surface area contributed by atoms with Crippen LogP contribution in [0.2, 0.25) is 0 Å². The van der Waals surface area contributed by atoms with Gasteiger partial charge in [0.05, 0.1) is 12.1 Å². The summed E-state index contributed by atoms with van der Waals surface area (Å²) in [4.78, 5) is 0. The molecule has 0 amide bonds. The largest absolute Gasteiger partial charge is 0.388 e. The maximum Gasteiger partial charge on any atom is 0.162 e. The van der Waals surface area contributed by atoms with E-state index in [2.05, 4.69) is 30.3 Å². The predicted molar refractivity (Wildman–Crippen MR) is 98.9 cm³/mol. The summed E-state index contributed by atoms with van der Waals surface area (Å²) in [5.74, 6) is 0. The van der Waals surface area contributed by atoms with Crippen molar-refractivity contribution in [3.8, 4) is 0 Å². The predicted octanol–water partition coefficient (Wildman–Crippen LogP) is 2.15. The molecule has 1 fully saturated rings. The lowest BCUT2D eigenvalue weighted by molar-refractivity contribution is -0.209. The molecule has 136 valence electrons. The van der Waals surface area contributed by atoms with Crippen LogP contribution in [0.4, 0.5) is 0 Å². The van der Waals surface area contributed by atoms with Crippen molar-refractivity contribution in [1.29, 1.82) is 0 Å². The van der Waals surface area contributed by atoms with Gasteiger partial charge in [0, 0.05) is 11.6 Å². The molecule has 0 saturated carbocycles. The van der Waals surface area contributed by atoms with Gasteiger partial charge in [-0.05, 0) is 36.1 Å². The number of fused-ring (bicyclic) bond motifs is 1. The molecule has 26 heavy (non-hydrogen) atoms. The smallest absolute Gasteiger partial charge is 0.162 e. The van der Waals surface area contributed by atoms with Crippen LogP contribution >= 0.6 is 0 Å². The Labute approximate surface area is 152 Å². The molecule has 0 bridgehead atoms. The van der Waals surface area contributed by atoms with Crippen LogP contribution in [0.15, 0.2) is 54.7 Å². The van der Waals surface area contributed by atoms with Crippen molar-refractivity contribution in [3.63, 3.8) is 0 Å². The Balaban J connectivity index is 1.78. The van der Waals surface area contributed by atoms with Crippen molar-refractivity contribution in [2.45, 2.75) is 37.9 Å². The van der Waals surface area contributed by atoms with Gasteiger partial charge in [0.1, 0.15) is 18.3 Å². The lowest BCUT2D eigenvalue weighted by Crippen LogP contribution is -2.50. The number of benzene rings is 2. The third-order valence-corrected chi connectivity index (χ3v) is 5.06. The van der Waals surface area contributed by atoms with Gasteiger partial charge in [0.15, 0.2) is 6.23 Å². The molecule has 3 N–H and O–H groups in total. The average molecular weight is 353 g/mol. The quantitative estimate of drug-likeness (QED) is 0.674. The molecular formula is C21H23NO4. The fraction of sp³-hybridized carbons (Fsp3) is 0.333.